The number of carbonyl (C=O) groups excluding carboxylic acids is 1. The van der Waals surface area contributed by atoms with Crippen molar-refractivity contribution in [1.29, 1.82) is 5.41 Å². The summed E-state index contributed by atoms with van der Waals surface area (Å²) in [6, 6.07) is 11.0. The minimum atomic E-state index is -0.624. The van der Waals surface area contributed by atoms with E-state index < -0.39 is 5.97 Å². The molecule has 7 heteroatoms. The standard InChI is InChI=1S/C20H22N4O3/c1-12(2)27-20(26)15-10-16-18(22-13(3)23(4)19(16)25)24(17(15)21)11-14-8-6-5-7-9-14/h5-10,12,21H,11H2,1-4H3. The zero-order valence-corrected chi connectivity index (χ0v) is 15.8. The van der Waals surface area contributed by atoms with Crippen LogP contribution in [0, 0.1) is 12.3 Å². The maximum Gasteiger partial charge on any atom is 0.342 e. The van der Waals surface area contributed by atoms with Crippen molar-refractivity contribution in [3.8, 4) is 0 Å². The average molecular weight is 366 g/mol. The van der Waals surface area contributed by atoms with Crippen LogP contribution in [0.5, 0.6) is 0 Å². The van der Waals surface area contributed by atoms with Gasteiger partial charge in [-0.15, -0.1) is 0 Å². The molecule has 0 aliphatic rings. The Morgan fingerprint density at radius 2 is 1.93 bits per heavy atom. The van der Waals surface area contributed by atoms with Crippen molar-refractivity contribution < 1.29 is 9.53 Å². The molecule has 0 unspecified atom stereocenters. The van der Waals surface area contributed by atoms with Gasteiger partial charge in [-0.05, 0) is 32.4 Å². The summed E-state index contributed by atoms with van der Waals surface area (Å²) in [5.74, 6) is -0.0902. The predicted octanol–water partition coefficient (Wildman–Crippen LogP) is 2.14. The molecule has 1 aromatic carbocycles. The van der Waals surface area contributed by atoms with Crippen LogP contribution < -0.4 is 11.0 Å². The number of rotatable bonds is 4. The van der Waals surface area contributed by atoms with Gasteiger partial charge in [-0.3, -0.25) is 14.8 Å². The lowest BCUT2D eigenvalue weighted by Crippen LogP contribution is -2.32. The van der Waals surface area contributed by atoms with E-state index in [-0.39, 0.29) is 28.1 Å². The Balaban J connectivity index is 2.33. The van der Waals surface area contributed by atoms with E-state index in [1.807, 2.05) is 30.3 Å². The number of hydrogen-bond donors (Lipinski definition) is 1. The lowest BCUT2D eigenvalue weighted by atomic mass is 10.1. The molecule has 0 aliphatic heterocycles. The molecule has 0 saturated carbocycles. The Hall–Kier alpha value is -3.22. The number of hydrogen-bond acceptors (Lipinski definition) is 5. The number of nitrogens with one attached hydrogen (secondary N) is 1. The molecule has 0 bridgehead atoms. The normalized spacial score (nSPS) is 11.1. The first-order valence-electron chi connectivity index (χ1n) is 8.70. The van der Waals surface area contributed by atoms with Gasteiger partial charge in [-0.25, -0.2) is 9.78 Å². The fourth-order valence-corrected chi connectivity index (χ4v) is 2.86. The minimum absolute atomic E-state index is 0.0304. The van der Waals surface area contributed by atoms with Gasteiger partial charge < -0.3 is 9.30 Å². The molecule has 140 valence electrons. The van der Waals surface area contributed by atoms with E-state index >= 15 is 0 Å². The van der Waals surface area contributed by atoms with Crippen molar-refractivity contribution in [2.45, 2.75) is 33.4 Å². The number of benzene rings is 1. The second-order valence-electron chi connectivity index (χ2n) is 6.69. The fraction of sp³-hybridized carbons (Fsp3) is 0.300. The molecule has 0 spiro atoms. The molecule has 2 aromatic heterocycles. The van der Waals surface area contributed by atoms with Crippen LogP contribution in [0.2, 0.25) is 0 Å². The Labute approximate surface area is 156 Å². The first kappa shape index (κ1) is 18.6. The van der Waals surface area contributed by atoms with Crippen LogP contribution in [0.3, 0.4) is 0 Å². The summed E-state index contributed by atoms with van der Waals surface area (Å²) in [4.78, 5) is 29.8. The van der Waals surface area contributed by atoms with Gasteiger partial charge in [-0.1, -0.05) is 30.3 Å². The summed E-state index contributed by atoms with van der Waals surface area (Å²) < 4.78 is 8.27. The van der Waals surface area contributed by atoms with Crippen LogP contribution in [0.25, 0.3) is 11.0 Å². The van der Waals surface area contributed by atoms with Crippen LogP contribution in [-0.2, 0) is 18.3 Å². The lowest BCUT2D eigenvalue weighted by Gasteiger charge is -2.16. The highest BCUT2D eigenvalue weighted by molar-refractivity contribution is 5.92. The fourth-order valence-electron chi connectivity index (χ4n) is 2.86. The van der Waals surface area contributed by atoms with E-state index in [1.165, 1.54) is 10.6 Å². The highest BCUT2D eigenvalue weighted by Crippen LogP contribution is 2.12. The molecule has 27 heavy (non-hydrogen) atoms. The van der Waals surface area contributed by atoms with Crippen LogP contribution in [-0.4, -0.2) is 26.2 Å². The lowest BCUT2D eigenvalue weighted by molar-refractivity contribution is 0.0374. The van der Waals surface area contributed by atoms with Gasteiger partial charge in [-0.2, -0.15) is 0 Å². The molecule has 3 rings (SSSR count). The van der Waals surface area contributed by atoms with Crippen LogP contribution in [0.4, 0.5) is 0 Å². The molecule has 1 N–H and O–H groups in total. The minimum Gasteiger partial charge on any atom is -0.459 e. The van der Waals surface area contributed by atoms with Gasteiger partial charge in [0.05, 0.1) is 18.0 Å². The molecule has 0 fully saturated rings. The zero-order chi connectivity index (χ0) is 19.7. The molecule has 0 atom stereocenters. The van der Waals surface area contributed by atoms with E-state index in [9.17, 15) is 9.59 Å². The highest BCUT2D eigenvalue weighted by atomic mass is 16.5. The van der Waals surface area contributed by atoms with Gasteiger partial charge >= 0.3 is 5.97 Å². The molecule has 3 aromatic rings. The van der Waals surface area contributed by atoms with Gasteiger partial charge in [0, 0.05) is 7.05 Å². The summed E-state index contributed by atoms with van der Waals surface area (Å²) in [5, 5.41) is 8.84. The molecule has 0 amide bonds. The van der Waals surface area contributed by atoms with Gasteiger partial charge in [0.1, 0.15) is 22.5 Å². The SMILES string of the molecule is Cc1nc2c(cc(C(=O)OC(C)C)c(=N)n2Cc2ccccc2)c(=O)n1C. The second kappa shape index (κ2) is 7.19. The maximum atomic E-state index is 12.8. The summed E-state index contributed by atoms with van der Waals surface area (Å²) in [6.45, 7) is 5.53. The third-order valence-corrected chi connectivity index (χ3v) is 4.34. The van der Waals surface area contributed by atoms with Crippen molar-refractivity contribution in [2.75, 3.05) is 0 Å². The number of fused-ring (bicyclic) bond motifs is 1. The van der Waals surface area contributed by atoms with Crippen LogP contribution in [0.1, 0.15) is 35.6 Å². The van der Waals surface area contributed by atoms with Crippen molar-refractivity contribution in [2.24, 2.45) is 7.05 Å². The Morgan fingerprint density at radius 3 is 2.56 bits per heavy atom. The molecule has 7 nitrogen and oxygen atoms in total. The van der Waals surface area contributed by atoms with Crippen LogP contribution >= 0.6 is 0 Å². The molecular formula is C20H22N4O3. The number of nitrogens with zero attached hydrogens (tertiary/aromatic N) is 3. The van der Waals surface area contributed by atoms with Gasteiger partial charge in [0.25, 0.3) is 5.56 Å². The first-order chi connectivity index (χ1) is 12.8. The smallest absolute Gasteiger partial charge is 0.342 e. The predicted molar refractivity (Wildman–Crippen MR) is 102 cm³/mol. The maximum absolute atomic E-state index is 12.8. The number of esters is 1. The summed E-state index contributed by atoms with van der Waals surface area (Å²) in [7, 11) is 1.63. The monoisotopic (exact) mass is 366 g/mol. The van der Waals surface area contributed by atoms with Crippen molar-refractivity contribution in [1.82, 2.24) is 14.1 Å². The number of aryl methyl sites for hydroxylation is 1. The van der Waals surface area contributed by atoms with Gasteiger partial charge in [0.2, 0.25) is 0 Å². The van der Waals surface area contributed by atoms with E-state index in [2.05, 4.69) is 4.98 Å². The molecule has 0 radical (unpaired) electrons. The number of ether oxygens (including phenoxy) is 1. The first-order valence-corrected chi connectivity index (χ1v) is 8.70. The Kier molecular flexibility index (Phi) is 4.94. The van der Waals surface area contributed by atoms with Gasteiger partial charge in [0.15, 0.2) is 0 Å². The van der Waals surface area contributed by atoms with E-state index in [0.717, 1.165) is 5.56 Å². The topological polar surface area (TPSA) is 90.0 Å². The summed E-state index contributed by atoms with van der Waals surface area (Å²) >= 11 is 0. The molecular weight excluding hydrogens is 344 g/mol. The van der Waals surface area contributed by atoms with E-state index in [1.54, 1.807) is 32.4 Å². The number of aromatic nitrogens is 3. The average Bonchev–Trinajstić information content (AvgIpc) is 2.62. The summed E-state index contributed by atoms with van der Waals surface area (Å²) in [5.41, 5.74) is 1.07. The molecule has 0 saturated heterocycles. The number of carbonyl (C=O) groups is 1. The molecule has 0 aliphatic carbocycles. The van der Waals surface area contributed by atoms with Crippen LogP contribution in [0.15, 0.2) is 41.2 Å². The highest BCUT2D eigenvalue weighted by Gasteiger charge is 2.19. The molecule has 2 heterocycles. The van der Waals surface area contributed by atoms with E-state index in [0.29, 0.717) is 18.0 Å². The number of pyridine rings is 1. The van der Waals surface area contributed by atoms with Crippen molar-refractivity contribution in [3.63, 3.8) is 0 Å². The Bertz CT molecular complexity index is 1130. The zero-order valence-electron chi connectivity index (χ0n) is 15.8. The van der Waals surface area contributed by atoms with Crippen molar-refractivity contribution in [3.05, 3.63) is 69.2 Å². The van der Waals surface area contributed by atoms with Crippen molar-refractivity contribution >= 4 is 17.0 Å². The summed E-state index contributed by atoms with van der Waals surface area (Å²) in [6.07, 6.45) is -0.325. The second-order valence-corrected chi connectivity index (χ2v) is 6.69. The van der Waals surface area contributed by atoms with E-state index in [4.69, 9.17) is 10.1 Å². The largest absolute Gasteiger partial charge is 0.459 e. The quantitative estimate of drug-likeness (QED) is 0.716. The Morgan fingerprint density at radius 1 is 1.26 bits per heavy atom. The third-order valence-electron chi connectivity index (χ3n) is 4.34. The third kappa shape index (κ3) is 3.53.